The number of hydrogen-bond acceptors (Lipinski definition) is 6. The van der Waals surface area contributed by atoms with Crippen molar-refractivity contribution < 1.29 is 9.94 Å². The Kier molecular flexibility index (Phi) is 5.98. The highest BCUT2D eigenvalue weighted by Crippen LogP contribution is 2.21. The van der Waals surface area contributed by atoms with Crippen molar-refractivity contribution in [2.24, 2.45) is 5.16 Å². The van der Waals surface area contributed by atoms with Crippen LogP contribution in [0.25, 0.3) is 10.9 Å². The minimum absolute atomic E-state index is 0.536. The molecular formula is C20H22N4O2. The zero-order valence-electron chi connectivity index (χ0n) is 14.7. The fourth-order valence-electron chi connectivity index (χ4n) is 2.87. The summed E-state index contributed by atoms with van der Waals surface area (Å²) in [6.07, 6.45) is 6.00. The second-order valence-electron chi connectivity index (χ2n) is 5.89. The van der Waals surface area contributed by atoms with Gasteiger partial charge < -0.3 is 15.3 Å². The van der Waals surface area contributed by atoms with Crippen LogP contribution in [0.3, 0.4) is 0 Å². The molecule has 0 fully saturated rings. The summed E-state index contributed by atoms with van der Waals surface area (Å²) >= 11 is 0. The van der Waals surface area contributed by atoms with E-state index in [1.54, 1.807) is 7.11 Å². The molecule has 6 nitrogen and oxygen atoms in total. The fraction of sp³-hybridized carbons (Fsp3) is 0.250. The summed E-state index contributed by atoms with van der Waals surface area (Å²) in [7, 11) is 1.57. The van der Waals surface area contributed by atoms with Crippen LogP contribution in [0.5, 0.6) is 5.75 Å². The van der Waals surface area contributed by atoms with Gasteiger partial charge in [0.05, 0.1) is 18.8 Å². The van der Waals surface area contributed by atoms with E-state index in [9.17, 15) is 0 Å². The van der Waals surface area contributed by atoms with Crippen LogP contribution in [-0.2, 0) is 6.42 Å². The third-order valence-corrected chi connectivity index (χ3v) is 4.17. The van der Waals surface area contributed by atoms with Gasteiger partial charge in [-0.2, -0.15) is 0 Å². The Morgan fingerprint density at radius 2 is 2.04 bits per heavy atom. The quantitative estimate of drug-likeness (QED) is 0.279. The summed E-state index contributed by atoms with van der Waals surface area (Å²) in [6, 6.07) is 13.9. The zero-order valence-corrected chi connectivity index (χ0v) is 14.7. The molecule has 0 bridgehead atoms. The molecule has 0 unspecified atom stereocenters. The molecule has 0 amide bonds. The summed E-state index contributed by atoms with van der Waals surface area (Å²) in [5.41, 5.74) is 3.60. The van der Waals surface area contributed by atoms with Gasteiger partial charge in [-0.1, -0.05) is 23.4 Å². The van der Waals surface area contributed by atoms with Crippen molar-refractivity contribution in [1.29, 1.82) is 0 Å². The summed E-state index contributed by atoms with van der Waals surface area (Å²) in [4.78, 5) is 8.84. The van der Waals surface area contributed by atoms with Crippen molar-refractivity contribution in [3.05, 3.63) is 60.0 Å². The molecular weight excluding hydrogens is 328 g/mol. The lowest BCUT2D eigenvalue weighted by molar-refractivity contribution is 0.321. The Labute approximate surface area is 152 Å². The number of aryl methyl sites for hydroxylation is 1. The number of para-hydroxylation sites is 1. The van der Waals surface area contributed by atoms with Crippen molar-refractivity contribution in [3.8, 4) is 5.75 Å². The Hall–Kier alpha value is -3.15. The Morgan fingerprint density at radius 3 is 2.88 bits per heavy atom. The van der Waals surface area contributed by atoms with Crippen molar-refractivity contribution in [2.45, 2.75) is 19.3 Å². The van der Waals surface area contributed by atoms with Gasteiger partial charge in [0, 0.05) is 29.5 Å². The third-order valence-electron chi connectivity index (χ3n) is 4.17. The van der Waals surface area contributed by atoms with E-state index in [2.05, 4.69) is 26.5 Å². The first kappa shape index (κ1) is 17.7. The molecule has 0 aliphatic rings. The fourth-order valence-corrected chi connectivity index (χ4v) is 2.87. The molecule has 0 aliphatic carbocycles. The molecule has 0 saturated heterocycles. The van der Waals surface area contributed by atoms with E-state index in [-0.39, 0.29) is 0 Å². The van der Waals surface area contributed by atoms with E-state index < -0.39 is 0 Å². The Morgan fingerprint density at radius 1 is 1.15 bits per heavy atom. The number of pyridine rings is 2. The largest absolute Gasteiger partial charge is 0.494 e. The van der Waals surface area contributed by atoms with Crippen LogP contribution in [0.15, 0.2) is 53.8 Å². The molecule has 0 aliphatic heterocycles. The molecule has 0 atom stereocenters. The van der Waals surface area contributed by atoms with Crippen molar-refractivity contribution in [1.82, 2.24) is 9.97 Å². The Balaban J connectivity index is 1.52. The van der Waals surface area contributed by atoms with Crippen LogP contribution in [0.1, 0.15) is 24.2 Å². The number of fused-ring (bicyclic) bond motifs is 1. The topological polar surface area (TPSA) is 79.6 Å². The van der Waals surface area contributed by atoms with E-state index in [1.165, 1.54) is 6.21 Å². The molecule has 26 heavy (non-hydrogen) atoms. The van der Waals surface area contributed by atoms with Gasteiger partial charge >= 0.3 is 0 Å². The molecule has 2 aromatic heterocycles. The Bertz CT molecular complexity index is 891. The molecule has 6 heteroatoms. The van der Waals surface area contributed by atoms with Crippen LogP contribution in [-0.4, -0.2) is 35.0 Å². The number of nitrogens with one attached hydrogen (secondary N) is 1. The number of unbranched alkanes of at least 4 members (excludes halogenated alkanes) is 1. The number of hydrogen-bond donors (Lipinski definition) is 2. The number of anilines is 1. The molecule has 0 radical (unpaired) electrons. The minimum atomic E-state index is 0.536. The average Bonchev–Trinajstić information content (AvgIpc) is 2.68. The number of rotatable bonds is 8. The van der Waals surface area contributed by atoms with Gasteiger partial charge in [-0.25, -0.2) is 4.98 Å². The van der Waals surface area contributed by atoms with Crippen LogP contribution >= 0.6 is 0 Å². The van der Waals surface area contributed by atoms with E-state index in [0.29, 0.717) is 11.4 Å². The highest BCUT2D eigenvalue weighted by molar-refractivity contribution is 5.90. The van der Waals surface area contributed by atoms with Crippen molar-refractivity contribution >= 4 is 22.8 Å². The maximum atomic E-state index is 8.72. The lowest BCUT2D eigenvalue weighted by atomic mass is 10.1. The van der Waals surface area contributed by atoms with Crippen LogP contribution in [0.4, 0.5) is 5.69 Å². The number of benzene rings is 1. The van der Waals surface area contributed by atoms with E-state index in [0.717, 1.165) is 48.1 Å². The van der Waals surface area contributed by atoms with Gasteiger partial charge in [-0.05, 0) is 43.5 Å². The third kappa shape index (κ3) is 4.27. The van der Waals surface area contributed by atoms with Crippen molar-refractivity contribution in [3.63, 3.8) is 0 Å². The standard InChI is InChI=1S/C20H22N4O2/c1-26-20-10-9-15(24-19(20)14-23-25)6-4-5-12-21-18-11-13-22-17-8-3-2-7-16(17)18/h2-3,7-11,13-14,25H,4-6,12H2,1H3,(H,21,22)/b23-14+. The second kappa shape index (κ2) is 8.80. The van der Waals surface area contributed by atoms with E-state index in [4.69, 9.17) is 9.94 Å². The summed E-state index contributed by atoms with van der Waals surface area (Å²) < 4.78 is 5.20. The lowest BCUT2D eigenvalue weighted by Crippen LogP contribution is -2.04. The first-order valence-electron chi connectivity index (χ1n) is 8.61. The second-order valence-corrected chi connectivity index (χ2v) is 5.89. The zero-order chi connectivity index (χ0) is 18.2. The van der Waals surface area contributed by atoms with Crippen LogP contribution in [0.2, 0.25) is 0 Å². The highest BCUT2D eigenvalue weighted by atomic mass is 16.5. The smallest absolute Gasteiger partial charge is 0.146 e. The maximum absolute atomic E-state index is 8.72. The number of nitrogens with zero attached hydrogens (tertiary/aromatic N) is 3. The highest BCUT2D eigenvalue weighted by Gasteiger charge is 2.05. The molecule has 3 aromatic rings. The molecule has 0 spiro atoms. The average molecular weight is 350 g/mol. The summed E-state index contributed by atoms with van der Waals surface area (Å²) in [6.45, 7) is 0.884. The first-order valence-corrected chi connectivity index (χ1v) is 8.61. The molecule has 1 aromatic carbocycles. The maximum Gasteiger partial charge on any atom is 0.146 e. The number of aromatic nitrogens is 2. The lowest BCUT2D eigenvalue weighted by Gasteiger charge is -2.09. The molecule has 3 rings (SSSR count). The molecule has 134 valence electrons. The first-order chi connectivity index (χ1) is 12.8. The predicted octanol–water partition coefficient (Wildman–Crippen LogP) is 3.88. The van der Waals surface area contributed by atoms with Crippen molar-refractivity contribution in [2.75, 3.05) is 19.0 Å². The monoisotopic (exact) mass is 350 g/mol. The van der Waals surface area contributed by atoms with Crippen LogP contribution in [0, 0.1) is 0 Å². The minimum Gasteiger partial charge on any atom is -0.494 e. The molecule has 2 N–H and O–H groups in total. The van der Waals surface area contributed by atoms with Gasteiger partial charge in [0.25, 0.3) is 0 Å². The number of oxime groups is 1. The van der Waals surface area contributed by atoms with E-state index >= 15 is 0 Å². The number of methoxy groups -OCH3 is 1. The van der Waals surface area contributed by atoms with Gasteiger partial charge in [0.1, 0.15) is 11.4 Å². The van der Waals surface area contributed by atoms with E-state index in [1.807, 2.05) is 42.6 Å². The summed E-state index contributed by atoms with van der Waals surface area (Å²) in [5.74, 6) is 0.595. The molecule has 0 saturated carbocycles. The molecule has 2 heterocycles. The predicted molar refractivity (Wildman–Crippen MR) is 103 cm³/mol. The van der Waals surface area contributed by atoms with Gasteiger partial charge in [-0.15, -0.1) is 0 Å². The normalized spacial score (nSPS) is 11.1. The number of ether oxygens (including phenoxy) is 1. The van der Waals surface area contributed by atoms with Gasteiger partial charge in [0.15, 0.2) is 0 Å². The van der Waals surface area contributed by atoms with Gasteiger partial charge in [0.2, 0.25) is 0 Å². The van der Waals surface area contributed by atoms with Gasteiger partial charge in [-0.3, -0.25) is 4.98 Å². The summed E-state index contributed by atoms with van der Waals surface area (Å²) in [5, 5.41) is 16.4. The van der Waals surface area contributed by atoms with Crippen LogP contribution < -0.4 is 10.1 Å². The SMILES string of the molecule is COc1ccc(CCCCNc2ccnc3ccccc23)nc1/C=N/O.